The largest absolute Gasteiger partial charge is 0.483 e. The molecule has 0 saturated carbocycles. The predicted octanol–water partition coefficient (Wildman–Crippen LogP) is 4.28. The van der Waals surface area contributed by atoms with Crippen molar-refractivity contribution in [3.63, 3.8) is 0 Å². The lowest BCUT2D eigenvalue weighted by molar-refractivity contribution is -0.115. The van der Waals surface area contributed by atoms with Gasteiger partial charge in [0.25, 0.3) is 0 Å². The number of nitrogens with one attached hydrogen (secondary N) is 2. The van der Waals surface area contributed by atoms with E-state index in [2.05, 4.69) is 20.8 Å². The van der Waals surface area contributed by atoms with Crippen LogP contribution in [0.1, 0.15) is 32.6 Å². The molecule has 0 fully saturated rings. The second-order valence-corrected chi connectivity index (χ2v) is 9.11. The number of aromatic nitrogens is 3. The Kier molecular flexibility index (Phi) is 9.21. The normalized spacial score (nSPS) is 12.6. The van der Waals surface area contributed by atoms with E-state index in [1.54, 1.807) is 56.5 Å². The topological polar surface area (TPSA) is 107 Å². The highest BCUT2D eigenvalue weighted by molar-refractivity contribution is 8.00. The minimum atomic E-state index is -0.497. The predicted molar refractivity (Wildman–Crippen MR) is 132 cm³/mol. The first-order valence-electron chi connectivity index (χ1n) is 10.9. The summed E-state index contributed by atoms with van der Waals surface area (Å²) in [7, 11) is 1.59. The van der Waals surface area contributed by atoms with Crippen molar-refractivity contribution in [2.24, 2.45) is 0 Å². The van der Waals surface area contributed by atoms with Crippen molar-refractivity contribution in [2.75, 3.05) is 24.4 Å². The molecule has 1 aromatic heterocycles. The van der Waals surface area contributed by atoms with Gasteiger partial charge in [-0.3, -0.25) is 14.2 Å². The van der Waals surface area contributed by atoms with E-state index in [4.69, 9.17) is 9.47 Å². The van der Waals surface area contributed by atoms with Crippen LogP contribution in [0.5, 0.6) is 5.75 Å². The Labute approximate surface area is 207 Å². The molecule has 2 N–H and O–H groups in total. The average Bonchev–Trinajstić information content (AvgIpc) is 3.22. The Morgan fingerprint density at radius 3 is 2.34 bits per heavy atom. The Bertz CT molecular complexity index is 1160. The van der Waals surface area contributed by atoms with Gasteiger partial charge < -0.3 is 20.1 Å². The minimum Gasteiger partial charge on any atom is -0.483 e. The summed E-state index contributed by atoms with van der Waals surface area (Å²) in [6.45, 7) is 5.52. The number of para-hydroxylation sites is 1. The van der Waals surface area contributed by atoms with Crippen molar-refractivity contribution in [1.82, 2.24) is 14.8 Å². The molecule has 3 aromatic rings. The zero-order valence-corrected chi connectivity index (χ0v) is 20.8. The Hall–Kier alpha value is -3.44. The molecule has 0 spiro atoms. The fourth-order valence-corrected chi connectivity index (χ4v) is 4.21. The molecule has 35 heavy (non-hydrogen) atoms. The van der Waals surface area contributed by atoms with Gasteiger partial charge in [-0.05, 0) is 50.2 Å². The van der Waals surface area contributed by atoms with Gasteiger partial charge in [-0.2, -0.15) is 0 Å². The molecule has 2 atom stereocenters. The molecule has 0 aliphatic heterocycles. The van der Waals surface area contributed by atoms with Crippen LogP contribution in [0.25, 0.3) is 0 Å². The number of benzene rings is 2. The van der Waals surface area contributed by atoms with E-state index in [9.17, 15) is 14.0 Å². The molecule has 0 saturated heterocycles. The van der Waals surface area contributed by atoms with Gasteiger partial charge >= 0.3 is 0 Å². The van der Waals surface area contributed by atoms with Crippen molar-refractivity contribution < 1.29 is 23.5 Å². The number of ether oxygens (including phenoxy) is 2. The highest BCUT2D eigenvalue weighted by Crippen LogP contribution is 2.28. The van der Waals surface area contributed by atoms with Gasteiger partial charge in [-0.1, -0.05) is 23.9 Å². The number of methoxy groups -OCH3 is 1. The molecular formula is C24H28FN5O4S. The van der Waals surface area contributed by atoms with Crippen LogP contribution in [0.15, 0.2) is 53.7 Å². The molecule has 186 valence electrons. The van der Waals surface area contributed by atoms with Crippen molar-refractivity contribution >= 4 is 35.0 Å². The van der Waals surface area contributed by atoms with E-state index >= 15 is 0 Å². The molecule has 1 heterocycles. The number of carbonyl (C=O) groups is 2. The highest BCUT2D eigenvalue weighted by Gasteiger charge is 2.23. The summed E-state index contributed by atoms with van der Waals surface area (Å²) in [4.78, 5) is 23.9. The SMILES string of the molecule is COC[C@H](C)n1c(COc2ccccc2F)nnc1S[C@@H](C)C(=O)Nc1ccc(NC(C)=O)cc1. The Morgan fingerprint density at radius 1 is 1.06 bits per heavy atom. The summed E-state index contributed by atoms with van der Waals surface area (Å²) in [5.41, 5.74) is 1.24. The van der Waals surface area contributed by atoms with Crippen LogP contribution in [0, 0.1) is 5.82 Å². The van der Waals surface area contributed by atoms with Gasteiger partial charge in [0.15, 0.2) is 22.5 Å². The maximum atomic E-state index is 13.9. The van der Waals surface area contributed by atoms with Gasteiger partial charge in [0, 0.05) is 25.4 Å². The number of carbonyl (C=O) groups excluding carboxylic acids is 2. The molecular weight excluding hydrogens is 473 g/mol. The van der Waals surface area contributed by atoms with E-state index in [-0.39, 0.29) is 30.2 Å². The highest BCUT2D eigenvalue weighted by atomic mass is 32.2. The fraction of sp³-hybridized carbons (Fsp3) is 0.333. The quantitative estimate of drug-likeness (QED) is 0.378. The van der Waals surface area contributed by atoms with Crippen LogP contribution in [-0.2, 0) is 20.9 Å². The standard InChI is InChI=1S/C24H28FN5O4S/c1-15(13-33-4)30-22(14-34-21-8-6-5-7-20(21)25)28-29-24(30)35-16(2)23(32)27-19-11-9-18(10-12-19)26-17(3)31/h5-12,15-16H,13-14H2,1-4H3,(H,26,31)(H,27,32)/t15-,16-/m0/s1. The lowest BCUT2D eigenvalue weighted by atomic mass is 10.2. The van der Waals surface area contributed by atoms with E-state index in [0.717, 1.165) is 0 Å². The molecule has 0 unspecified atom stereocenters. The minimum absolute atomic E-state index is 0.00374. The number of halogens is 1. The molecule has 0 radical (unpaired) electrons. The zero-order valence-electron chi connectivity index (χ0n) is 19.9. The summed E-state index contributed by atoms with van der Waals surface area (Å²) < 4.78 is 26.7. The van der Waals surface area contributed by atoms with Crippen LogP contribution < -0.4 is 15.4 Å². The van der Waals surface area contributed by atoms with Crippen LogP contribution in [0.3, 0.4) is 0 Å². The maximum Gasteiger partial charge on any atom is 0.237 e. The monoisotopic (exact) mass is 501 g/mol. The summed E-state index contributed by atoms with van der Waals surface area (Å²) in [6.07, 6.45) is 0. The number of anilines is 2. The van der Waals surface area contributed by atoms with Crippen LogP contribution >= 0.6 is 11.8 Å². The number of rotatable bonds is 11. The van der Waals surface area contributed by atoms with Gasteiger partial charge in [-0.15, -0.1) is 10.2 Å². The second kappa shape index (κ2) is 12.3. The lowest BCUT2D eigenvalue weighted by Gasteiger charge is -2.19. The van der Waals surface area contributed by atoms with Crippen molar-refractivity contribution in [2.45, 2.75) is 43.8 Å². The van der Waals surface area contributed by atoms with E-state index < -0.39 is 11.1 Å². The Balaban J connectivity index is 1.70. The van der Waals surface area contributed by atoms with Crippen LogP contribution in [0.4, 0.5) is 15.8 Å². The third kappa shape index (κ3) is 7.27. The number of nitrogens with zero attached hydrogens (tertiary/aromatic N) is 3. The van der Waals surface area contributed by atoms with Crippen molar-refractivity contribution in [3.8, 4) is 5.75 Å². The zero-order chi connectivity index (χ0) is 25.4. The van der Waals surface area contributed by atoms with E-state index in [1.807, 2.05) is 11.5 Å². The van der Waals surface area contributed by atoms with E-state index in [0.29, 0.717) is 29.0 Å². The number of amides is 2. The summed E-state index contributed by atoms with van der Waals surface area (Å²) in [6, 6.07) is 12.8. The third-order valence-corrected chi connectivity index (χ3v) is 5.96. The molecule has 3 rings (SSSR count). The Morgan fingerprint density at radius 2 is 1.71 bits per heavy atom. The second-order valence-electron chi connectivity index (χ2n) is 7.80. The first kappa shape index (κ1) is 26.2. The molecule has 9 nitrogen and oxygen atoms in total. The lowest BCUT2D eigenvalue weighted by Crippen LogP contribution is -2.24. The van der Waals surface area contributed by atoms with Crippen LogP contribution in [-0.4, -0.2) is 45.5 Å². The fourth-order valence-electron chi connectivity index (χ4n) is 3.24. The maximum absolute atomic E-state index is 13.9. The molecule has 2 aromatic carbocycles. The molecule has 0 aliphatic carbocycles. The van der Waals surface area contributed by atoms with Gasteiger partial charge in [-0.25, -0.2) is 4.39 Å². The van der Waals surface area contributed by atoms with Crippen molar-refractivity contribution in [1.29, 1.82) is 0 Å². The smallest absolute Gasteiger partial charge is 0.237 e. The number of thioether (sulfide) groups is 1. The number of hydrogen-bond acceptors (Lipinski definition) is 7. The number of hydrogen-bond donors (Lipinski definition) is 2. The molecule has 11 heteroatoms. The first-order chi connectivity index (χ1) is 16.8. The van der Waals surface area contributed by atoms with Crippen molar-refractivity contribution in [3.05, 3.63) is 60.2 Å². The van der Waals surface area contributed by atoms with Gasteiger partial charge in [0.1, 0.15) is 6.61 Å². The third-order valence-electron chi connectivity index (χ3n) is 4.90. The molecule has 2 amide bonds. The first-order valence-corrected chi connectivity index (χ1v) is 11.8. The average molecular weight is 502 g/mol. The summed E-state index contributed by atoms with van der Waals surface area (Å²) in [5.74, 6) is -0.249. The summed E-state index contributed by atoms with van der Waals surface area (Å²) >= 11 is 1.24. The summed E-state index contributed by atoms with van der Waals surface area (Å²) in [5, 5.41) is 14.0. The molecule has 0 bridgehead atoms. The molecule has 0 aliphatic rings. The van der Waals surface area contributed by atoms with E-state index in [1.165, 1.54) is 24.8 Å². The van der Waals surface area contributed by atoms with Crippen LogP contribution in [0.2, 0.25) is 0 Å². The van der Waals surface area contributed by atoms with Gasteiger partial charge in [0.2, 0.25) is 11.8 Å². The van der Waals surface area contributed by atoms with Gasteiger partial charge in [0.05, 0.1) is 17.9 Å².